The summed E-state index contributed by atoms with van der Waals surface area (Å²) >= 11 is 0. The van der Waals surface area contributed by atoms with Crippen molar-refractivity contribution in [1.82, 2.24) is 5.32 Å². The normalized spacial score (nSPS) is 14.4. The van der Waals surface area contributed by atoms with E-state index in [0.29, 0.717) is 23.9 Å². The van der Waals surface area contributed by atoms with Crippen LogP contribution < -0.4 is 10.2 Å². The van der Waals surface area contributed by atoms with Crippen molar-refractivity contribution < 1.29 is 32.9 Å². The first-order chi connectivity index (χ1) is 27.5. The summed E-state index contributed by atoms with van der Waals surface area (Å²) in [5.41, 5.74) is 0. The second-order valence-electron chi connectivity index (χ2n) is 17.8. The number of allylic oxidation sites excluding steroid dienone is 4. The molecule has 0 aliphatic heterocycles. The van der Waals surface area contributed by atoms with Gasteiger partial charge in [0.2, 0.25) is 5.91 Å². The smallest absolute Gasteiger partial charge is 0.268 e. The van der Waals surface area contributed by atoms with Crippen molar-refractivity contribution >= 4 is 13.7 Å². The number of nitrogens with zero attached hydrogens (tertiary/aromatic N) is 1. The third-order valence-corrected chi connectivity index (χ3v) is 11.9. The number of unbranched alkanes of at least 4 members (excludes halogenated alkanes) is 27. The highest BCUT2D eigenvalue weighted by Gasteiger charge is 2.24. The van der Waals surface area contributed by atoms with Crippen LogP contribution in [0, 0.1) is 0 Å². The molecule has 3 unspecified atom stereocenters. The second-order valence-corrected chi connectivity index (χ2v) is 19.2. The van der Waals surface area contributed by atoms with E-state index in [0.717, 1.165) is 44.9 Å². The number of aliphatic hydroxyl groups excluding tert-OH is 1. The zero-order valence-electron chi connectivity index (χ0n) is 38.3. The maximum absolute atomic E-state index is 12.9. The van der Waals surface area contributed by atoms with Crippen LogP contribution in [0.1, 0.15) is 226 Å². The lowest BCUT2D eigenvalue weighted by molar-refractivity contribution is -0.870. The van der Waals surface area contributed by atoms with Crippen LogP contribution in [0.3, 0.4) is 0 Å². The van der Waals surface area contributed by atoms with Gasteiger partial charge in [0.15, 0.2) is 0 Å². The highest BCUT2D eigenvalue weighted by molar-refractivity contribution is 7.45. The van der Waals surface area contributed by atoms with Gasteiger partial charge in [0, 0.05) is 6.42 Å². The summed E-state index contributed by atoms with van der Waals surface area (Å²) in [6, 6.07) is -0.799. The van der Waals surface area contributed by atoms with E-state index in [9.17, 15) is 19.4 Å². The monoisotopic (exact) mass is 827 g/mol. The molecule has 0 saturated carbocycles. The van der Waals surface area contributed by atoms with Gasteiger partial charge in [-0.2, -0.15) is 0 Å². The van der Waals surface area contributed by atoms with Crippen LogP contribution in [0.2, 0.25) is 0 Å². The van der Waals surface area contributed by atoms with Crippen molar-refractivity contribution in [3.63, 3.8) is 0 Å². The Hall–Kier alpha value is -1.02. The van der Waals surface area contributed by atoms with Gasteiger partial charge in [-0.25, -0.2) is 0 Å². The topological polar surface area (TPSA) is 108 Å². The lowest BCUT2D eigenvalue weighted by Crippen LogP contribution is -2.46. The quantitative estimate of drug-likeness (QED) is 0.0274. The largest absolute Gasteiger partial charge is 0.756 e. The molecule has 8 nitrogen and oxygen atoms in total. The van der Waals surface area contributed by atoms with Crippen molar-refractivity contribution in [3.8, 4) is 0 Å². The molecule has 0 rings (SSSR count). The van der Waals surface area contributed by atoms with Gasteiger partial charge < -0.3 is 28.8 Å². The van der Waals surface area contributed by atoms with E-state index in [-0.39, 0.29) is 19.1 Å². The Bertz CT molecular complexity index is 984. The van der Waals surface area contributed by atoms with Crippen molar-refractivity contribution in [3.05, 3.63) is 24.3 Å². The second kappa shape index (κ2) is 40.4. The summed E-state index contributed by atoms with van der Waals surface area (Å²) < 4.78 is 23.2. The summed E-state index contributed by atoms with van der Waals surface area (Å²) in [6.45, 7) is 4.70. The van der Waals surface area contributed by atoms with Gasteiger partial charge in [-0.05, 0) is 44.9 Å². The van der Waals surface area contributed by atoms with Gasteiger partial charge in [-0.1, -0.05) is 199 Å². The van der Waals surface area contributed by atoms with Crippen LogP contribution in [0.4, 0.5) is 0 Å². The van der Waals surface area contributed by atoms with Gasteiger partial charge in [-0.3, -0.25) is 9.36 Å². The number of likely N-dealkylation sites (N-methyl/N-ethyl adjacent to an activating group) is 1. The molecule has 0 saturated heterocycles. The van der Waals surface area contributed by atoms with Crippen LogP contribution in [-0.2, 0) is 18.4 Å². The molecule has 3 atom stereocenters. The molecular weight excluding hydrogens is 732 g/mol. The fraction of sp³-hybridized carbons (Fsp3) is 0.896. The van der Waals surface area contributed by atoms with Gasteiger partial charge in [0.1, 0.15) is 13.2 Å². The Morgan fingerprint density at radius 3 is 1.46 bits per heavy atom. The zero-order chi connectivity index (χ0) is 42.1. The minimum atomic E-state index is -4.56. The number of carbonyl (C=O) groups excluding carboxylic acids is 1. The SMILES string of the molecule is CCCCCCCCCCC/C=C\C/C=C\CCCCCCCCCCCC(=O)NC(COP(=O)([O-])OCC[N+](C)(C)C)C(O)CCCCCCCCCCCC. The molecule has 0 radical (unpaired) electrons. The van der Waals surface area contributed by atoms with Crippen LogP contribution in [0.15, 0.2) is 24.3 Å². The third-order valence-electron chi connectivity index (χ3n) is 10.9. The number of nitrogens with one attached hydrogen (secondary N) is 1. The molecule has 2 N–H and O–H groups in total. The maximum atomic E-state index is 12.9. The number of carbonyl (C=O) groups is 1. The minimum absolute atomic E-state index is 0.0117. The third kappa shape index (κ3) is 42.9. The van der Waals surface area contributed by atoms with E-state index in [4.69, 9.17) is 9.05 Å². The van der Waals surface area contributed by atoms with Crippen molar-refractivity contribution in [2.75, 3.05) is 40.9 Å². The van der Waals surface area contributed by atoms with Crippen molar-refractivity contribution in [2.45, 2.75) is 238 Å². The first kappa shape index (κ1) is 56.0. The maximum Gasteiger partial charge on any atom is 0.268 e. The fourth-order valence-corrected chi connectivity index (χ4v) is 7.79. The van der Waals surface area contributed by atoms with E-state index in [2.05, 4.69) is 43.5 Å². The molecule has 338 valence electrons. The molecule has 1 amide bonds. The predicted molar refractivity (Wildman–Crippen MR) is 242 cm³/mol. The number of rotatable bonds is 44. The molecule has 0 bridgehead atoms. The molecule has 0 aliphatic carbocycles. The summed E-state index contributed by atoms with van der Waals surface area (Å²) in [4.78, 5) is 25.3. The van der Waals surface area contributed by atoms with E-state index >= 15 is 0 Å². The first-order valence-electron chi connectivity index (χ1n) is 24.2. The lowest BCUT2D eigenvalue weighted by atomic mass is 10.0. The summed E-state index contributed by atoms with van der Waals surface area (Å²) in [5.74, 6) is -0.170. The fourth-order valence-electron chi connectivity index (χ4n) is 7.07. The number of aliphatic hydroxyl groups is 1. The predicted octanol–water partition coefficient (Wildman–Crippen LogP) is 13.1. The average molecular weight is 827 g/mol. The number of amides is 1. The number of hydrogen-bond acceptors (Lipinski definition) is 6. The van der Waals surface area contributed by atoms with Gasteiger partial charge in [0.25, 0.3) is 7.82 Å². The molecule has 0 spiro atoms. The lowest BCUT2D eigenvalue weighted by Gasteiger charge is -2.30. The Kier molecular flexibility index (Phi) is 39.7. The molecule has 57 heavy (non-hydrogen) atoms. The van der Waals surface area contributed by atoms with Crippen LogP contribution >= 0.6 is 7.82 Å². The highest BCUT2D eigenvalue weighted by atomic mass is 31.2. The number of phosphoric ester groups is 1. The average Bonchev–Trinajstić information content (AvgIpc) is 3.16. The van der Waals surface area contributed by atoms with E-state index in [1.807, 2.05) is 21.1 Å². The number of hydrogen-bond donors (Lipinski definition) is 2. The summed E-state index contributed by atoms with van der Waals surface area (Å²) in [6.07, 6.45) is 47.7. The van der Waals surface area contributed by atoms with Gasteiger partial charge in [-0.15, -0.1) is 0 Å². The molecule has 9 heteroatoms. The van der Waals surface area contributed by atoms with Gasteiger partial charge >= 0.3 is 0 Å². The minimum Gasteiger partial charge on any atom is -0.756 e. The summed E-state index contributed by atoms with van der Waals surface area (Å²) in [5, 5.41) is 13.9. The van der Waals surface area contributed by atoms with Crippen LogP contribution in [-0.4, -0.2) is 68.5 Å². The Morgan fingerprint density at radius 2 is 1.02 bits per heavy atom. The molecular formula is C48H95N2O6P. The van der Waals surface area contributed by atoms with Crippen LogP contribution in [0.5, 0.6) is 0 Å². The molecule has 0 fully saturated rings. The number of quaternary nitrogens is 1. The zero-order valence-corrected chi connectivity index (χ0v) is 39.2. The number of phosphoric acid groups is 1. The van der Waals surface area contributed by atoms with E-state index in [1.165, 1.54) is 154 Å². The van der Waals surface area contributed by atoms with Gasteiger partial charge in [0.05, 0.1) is 39.9 Å². The van der Waals surface area contributed by atoms with Crippen molar-refractivity contribution in [1.29, 1.82) is 0 Å². The van der Waals surface area contributed by atoms with Crippen molar-refractivity contribution in [2.24, 2.45) is 0 Å². The Labute approximate surface area is 354 Å². The first-order valence-corrected chi connectivity index (χ1v) is 25.6. The Morgan fingerprint density at radius 1 is 0.614 bits per heavy atom. The molecule has 0 aromatic heterocycles. The van der Waals surface area contributed by atoms with E-state index in [1.54, 1.807) is 0 Å². The van der Waals surface area contributed by atoms with E-state index < -0.39 is 20.0 Å². The molecule has 0 aliphatic rings. The Balaban J connectivity index is 4.15. The molecule has 0 aromatic rings. The molecule has 0 aromatic carbocycles. The van der Waals surface area contributed by atoms with Crippen LogP contribution in [0.25, 0.3) is 0 Å². The summed E-state index contributed by atoms with van der Waals surface area (Å²) in [7, 11) is 1.30. The standard InChI is InChI=1S/C48H95N2O6P/c1-6-8-10-12-14-16-18-19-20-21-22-23-24-25-26-27-28-29-30-31-32-34-36-38-40-42-48(52)49-46(45-56-57(53,54)55-44-43-50(3,4)5)47(51)41-39-37-35-33-17-15-13-11-9-7-2/h22-23,25-26,46-47,51H,6-21,24,27-45H2,1-5H3,(H-,49,52,53,54)/b23-22-,26-25-. The molecule has 0 heterocycles. The highest BCUT2D eigenvalue weighted by Crippen LogP contribution is 2.38.